The molecule has 1 aromatic heterocycles. The largest absolute Gasteiger partial charge is 0.416 e. The molecule has 34 heavy (non-hydrogen) atoms. The average Bonchev–Trinajstić information content (AvgIpc) is 3.27. The van der Waals surface area contributed by atoms with Crippen LogP contribution in [0.1, 0.15) is 26.4 Å². The molecule has 1 aliphatic rings. The van der Waals surface area contributed by atoms with Crippen LogP contribution >= 0.6 is 11.8 Å². The molecule has 0 aliphatic carbocycles. The highest BCUT2D eigenvalue weighted by Crippen LogP contribution is 2.29. The van der Waals surface area contributed by atoms with Crippen LogP contribution in [-0.2, 0) is 6.18 Å². The lowest BCUT2D eigenvalue weighted by Crippen LogP contribution is -2.50. The number of hydrogen-bond donors (Lipinski definition) is 0. The molecule has 2 heterocycles. The van der Waals surface area contributed by atoms with Gasteiger partial charge in [-0.1, -0.05) is 11.8 Å². The maximum absolute atomic E-state index is 13.4. The Balaban J connectivity index is 1.46. The van der Waals surface area contributed by atoms with Gasteiger partial charge in [-0.25, -0.2) is 9.37 Å². The molecule has 2 amide bonds. The standard InChI is InChI=1S/C23H20F4N4O2S/c1-34-22-28-14-19(31(22)18-8-6-17(24)7-9-18)21(33)30-12-10-29(11-13-30)20(32)15-2-4-16(5-3-15)23(25,26)27/h2-9,14H,10-13H2,1H3. The highest BCUT2D eigenvalue weighted by atomic mass is 32.2. The number of halogens is 4. The minimum absolute atomic E-state index is 0.159. The van der Waals surface area contributed by atoms with Crippen molar-refractivity contribution >= 4 is 23.6 Å². The summed E-state index contributed by atoms with van der Waals surface area (Å²) in [5, 5.41) is 0.575. The first kappa shape index (κ1) is 23.8. The molecule has 2 aromatic carbocycles. The maximum Gasteiger partial charge on any atom is 0.416 e. The number of carbonyl (C=O) groups is 2. The summed E-state index contributed by atoms with van der Waals surface area (Å²) in [4.78, 5) is 33.4. The van der Waals surface area contributed by atoms with Crippen molar-refractivity contribution in [2.45, 2.75) is 11.3 Å². The highest BCUT2D eigenvalue weighted by Gasteiger charge is 2.31. The Labute approximate surface area is 197 Å². The summed E-state index contributed by atoms with van der Waals surface area (Å²) in [5.41, 5.74) is 0.259. The normalized spacial score (nSPS) is 14.4. The van der Waals surface area contributed by atoms with Crippen molar-refractivity contribution in [2.24, 2.45) is 0 Å². The Morgan fingerprint density at radius 1 is 0.882 bits per heavy atom. The Kier molecular flexibility index (Phi) is 6.65. The topological polar surface area (TPSA) is 58.4 Å². The van der Waals surface area contributed by atoms with Crippen LogP contribution in [0.15, 0.2) is 59.9 Å². The third kappa shape index (κ3) is 4.79. The predicted molar refractivity (Wildman–Crippen MR) is 119 cm³/mol. The molecular formula is C23H20F4N4O2S. The van der Waals surface area contributed by atoms with Gasteiger partial charge < -0.3 is 9.80 Å². The first-order chi connectivity index (χ1) is 16.2. The van der Waals surface area contributed by atoms with E-state index in [4.69, 9.17) is 0 Å². The summed E-state index contributed by atoms with van der Waals surface area (Å²) in [6.45, 7) is 1.00. The van der Waals surface area contributed by atoms with Gasteiger partial charge in [-0.2, -0.15) is 13.2 Å². The monoisotopic (exact) mass is 492 g/mol. The number of imidazole rings is 1. The number of carbonyl (C=O) groups excluding carboxylic acids is 2. The molecule has 4 rings (SSSR count). The predicted octanol–water partition coefficient (Wildman–Crippen LogP) is 4.35. The second-order valence-corrected chi connectivity index (χ2v) is 8.37. The summed E-state index contributed by atoms with van der Waals surface area (Å²) >= 11 is 1.35. The molecule has 1 aliphatic heterocycles. The Morgan fingerprint density at radius 3 is 1.97 bits per heavy atom. The molecule has 0 saturated carbocycles. The number of piperazine rings is 1. The number of amides is 2. The van der Waals surface area contributed by atoms with Gasteiger partial charge in [-0.05, 0) is 54.8 Å². The van der Waals surface area contributed by atoms with Crippen molar-refractivity contribution < 1.29 is 27.2 Å². The molecule has 6 nitrogen and oxygen atoms in total. The van der Waals surface area contributed by atoms with E-state index < -0.39 is 17.6 Å². The summed E-state index contributed by atoms with van der Waals surface area (Å²) in [6.07, 6.45) is -1.18. The van der Waals surface area contributed by atoms with Gasteiger partial charge in [0.05, 0.1) is 11.8 Å². The number of nitrogens with zero attached hydrogens (tertiary/aromatic N) is 4. The third-order valence-corrected chi connectivity index (χ3v) is 6.18. The van der Waals surface area contributed by atoms with E-state index in [9.17, 15) is 27.2 Å². The van der Waals surface area contributed by atoms with Crippen LogP contribution < -0.4 is 0 Å². The zero-order valence-electron chi connectivity index (χ0n) is 18.1. The molecule has 0 radical (unpaired) electrons. The summed E-state index contributed by atoms with van der Waals surface area (Å²) < 4.78 is 53.3. The van der Waals surface area contributed by atoms with Crippen molar-refractivity contribution in [3.8, 4) is 5.69 Å². The van der Waals surface area contributed by atoms with Gasteiger partial charge in [0.2, 0.25) is 0 Å². The minimum Gasteiger partial charge on any atom is -0.335 e. The van der Waals surface area contributed by atoms with Gasteiger partial charge in [-0.3, -0.25) is 14.2 Å². The van der Waals surface area contributed by atoms with Crippen molar-refractivity contribution in [3.05, 3.63) is 77.4 Å². The molecular weight excluding hydrogens is 472 g/mol. The van der Waals surface area contributed by atoms with E-state index in [1.54, 1.807) is 21.6 Å². The zero-order chi connectivity index (χ0) is 24.5. The van der Waals surface area contributed by atoms with Gasteiger partial charge in [0.25, 0.3) is 11.8 Å². The quantitative estimate of drug-likeness (QED) is 0.402. The van der Waals surface area contributed by atoms with Crippen LogP contribution in [0.4, 0.5) is 17.6 Å². The van der Waals surface area contributed by atoms with E-state index in [1.807, 2.05) is 6.26 Å². The first-order valence-electron chi connectivity index (χ1n) is 10.3. The molecule has 3 aromatic rings. The van der Waals surface area contributed by atoms with Crippen molar-refractivity contribution in [3.63, 3.8) is 0 Å². The lowest BCUT2D eigenvalue weighted by Gasteiger charge is -2.35. The van der Waals surface area contributed by atoms with Crippen LogP contribution in [-0.4, -0.2) is 63.6 Å². The highest BCUT2D eigenvalue weighted by molar-refractivity contribution is 7.98. The van der Waals surface area contributed by atoms with Crippen molar-refractivity contribution in [2.75, 3.05) is 32.4 Å². The number of aromatic nitrogens is 2. The van der Waals surface area contributed by atoms with Crippen LogP contribution in [0, 0.1) is 5.82 Å². The van der Waals surface area contributed by atoms with Crippen LogP contribution in [0.25, 0.3) is 5.69 Å². The number of rotatable bonds is 4. The number of benzene rings is 2. The lowest BCUT2D eigenvalue weighted by atomic mass is 10.1. The van der Waals surface area contributed by atoms with Crippen LogP contribution in [0.5, 0.6) is 0 Å². The third-order valence-electron chi connectivity index (χ3n) is 5.53. The van der Waals surface area contributed by atoms with Crippen molar-refractivity contribution in [1.29, 1.82) is 0 Å². The molecule has 0 N–H and O–H groups in total. The SMILES string of the molecule is CSc1ncc(C(=O)N2CCN(C(=O)c3ccc(C(F)(F)F)cc3)CC2)n1-c1ccc(F)cc1. The van der Waals surface area contributed by atoms with Gasteiger partial charge in [0, 0.05) is 37.4 Å². The molecule has 0 unspecified atom stereocenters. The minimum atomic E-state index is -4.47. The number of thioether (sulfide) groups is 1. The second kappa shape index (κ2) is 9.49. The van der Waals surface area contributed by atoms with E-state index in [0.29, 0.717) is 16.5 Å². The van der Waals surface area contributed by atoms with Gasteiger partial charge >= 0.3 is 6.18 Å². The van der Waals surface area contributed by atoms with Crippen molar-refractivity contribution in [1.82, 2.24) is 19.4 Å². The fourth-order valence-corrected chi connectivity index (χ4v) is 4.27. The summed E-state index contributed by atoms with van der Waals surface area (Å²) in [7, 11) is 0. The Morgan fingerprint density at radius 2 is 1.44 bits per heavy atom. The fourth-order valence-electron chi connectivity index (χ4n) is 3.73. The van der Waals surface area contributed by atoms with E-state index in [-0.39, 0.29) is 43.6 Å². The summed E-state index contributed by atoms with van der Waals surface area (Å²) in [6, 6.07) is 9.82. The number of hydrogen-bond acceptors (Lipinski definition) is 4. The molecule has 1 fully saturated rings. The van der Waals surface area contributed by atoms with Gasteiger partial charge in [0.1, 0.15) is 11.5 Å². The van der Waals surface area contributed by atoms with E-state index in [0.717, 1.165) is 24.3 Å². The van der Waals surface area contributed by atoms with Gasteiger partial charge in [0.15, 0.2) is 5.16 Å². The van der Waals surface area contributed by atoms with E-state index >= 15 is 0 Å². The Bertz CT molecular complexity index is 1190. The van der Waals surface area contributed by atoms with Gasteiger partial charge in [-0.15, -0.1) is 0 Å². The van der Waals surface area contributed by atoms with Crippen LogP contribution in [0.2, 0.25) is 0 Å². The average molecular weight is 492 g/mol. The molecule has 0 atom stereocenters. The zero-order valence-corrected chi connectivity index (χ0v) is 18.9. The molecule has 0 spiro atoms. The number of alkyl halides is 3. The maximum atomic E-state index is 13.4. The van der Waals surface area contributed by atoms with E-state index in [2.05, 4.69) is 4.98 Å². The lowest BCUT2D eigenvalue weighted by molar-refractivity contribution is -0.137. The smallest absolute Gasteiger partial charge is 0.335 e. The van der Waals surface area contributed by atoms with E-state index in [1.165, 1.54) is 35.0 Å². The molecule has 178 valence electrons. The summed E-state index contributed by atoms with van der Waals surface area (Å²) in [5.74, 6) is -1.06. The molecule has 0 bridgehead atoms. The molecule has 11 heteroatoms. The molecule has 1 saturated heterocycles. The Hall–Kier alpha value is -3.34. The first-order valence-corrected chi connectivity index (χ1v) is 11.5. The van der Waals surface area contributed by atoms with Crippen LogP contribution in [0.3, 0.4) is 0 Å². The second-order valence-electron chi connectivity index (χ2n) is 7.60. The fraction of sp³-hybridized carbons (Fsp3) is 0.261.